The lowest BCUT2D eigenvalue weighted by Crippen LogP contribution is -2.12. The molecule has 0 unspecified atom stereocenters. The maximum absolute atomic E-state index is 13.0. The van der Waals surface area contributed by atoms with Crippen molar-refractivity contribution in [3.8, 4) is 0 Å². The Labute approximate surface area is 112 Å². The molecule has 3 aromatic rings. The highest BCUT2D eigenvalue weighted by Gasteiger charge is 2.11. The van der Waals surface area contributed by atoms with Crippen LogP contribution in [0.1, 0.15) is 10.5 Å². The second-order valence-corrected chi connectivity index (χ2v) is 4.20. The Morgan fingerprint density at radius 1 is 1.10 bits per heavy atom. The average molecular weight is 273 g/mol. The van der Waals surface area contributed by atoms with E-state index in [1.54, 1.807) is 6.07 Å². The van der Waals surface area contributed by atoms with Gasteiger partial charge in [0, 0.05) is 18.1 Å². The Hall–Kier alpha value is -2.76. The van der Waals surface area contributed by atoms with Gasteiger partial charge in [-0.2, -0.15) is 0 Å². The predicted octanol–water partition coefficient (Wildman–Crippen LogP) is 2.86. The minimum Gasteiger partial charge on any atom is -0.321 e. The Morgan fingerprint density at radius 2 is 1.95 bits per heavy atom. The van der Waals surface area contributed by atoms with E-state index < -0.39 is 17.5 Å². The van der Waals surface area contributed by atoms with Gasteiger partial charge in [-0.05, 0) is 30.3 Å². The molecule has 0 bridgehead atoms. The Morgan fingerprint density at radius 3 is 2.75 bits per heavy atom. The van der Waals surface area contributed by atoms with E-state index in [1.165, 1.54) is 47.1 Å². The molecule has 4 nitrogen and oxygen atoms in total. The molecule has 0 aliphatic rings. The summed E-state index contributed by atoms with van der Waals surface area (Å²) < 4.78 is 27.5. The highest BCUT2D eigenvalue weighted by atomic mass is 19.1. The lowest BCUT2D eigenvalue weighted by atomic mass is 10.3. The van der Waals surface area contributed by atoms with Crippen LogP contribution in [0.15, 0.2) is 48.8 Å². The quantitative estimate of drug-likeness (QED) is 0.780. The smallest absolute Gasteiger partial charge is 0.275 e. The second kappa shape index (κ2) is 4.73. The normalized spacial score (nSPS) is 10.7. The highest BCUT2D eigenvalue weighted by molar-refractivity contribution is 6.03. The lowest BCUT2D eigenvalue weighted by Gasteiger charge is -2.02. The fourth-order valence-electron chi connectivity index (χ4n) is 1.84. The number of hydrogen-bond acceptors (Lipinski definition) is 2. The molecule has 1 aromatic carbocycles. The molecule has 2 heterocycles. The van der Waals surface area contributed by atoms with Crippen molar-refractivity contribution in [2.45, 2.75) is 0 Å². The zero-order valence-corrected chi connectivity index (χ0v) is 10.2. The molecule has 0 spiro atoms. The van der Waals surface area contributed by atoms with Crippen molar-refractivity contribution < 1.29 is 13.6 Å². The summed E-state index contributed by atoms with van der Waals surface area (Å²) in [6, 6.07) is 8.27. The Balaban J connectivity index is 1.88. The van der Waals surface area contributed by atoms with Crippen molar-refractivity contribution in [3.05, 3.63) is 66.1 Å². The van der Waals surface area contributed by atoms with Gasteiger partial charge in [-0.3, -0.25) is 4.79 Å². The maximum atomic E-state index is 13.0. The number of amides is 1. The number of benzene rings is 1. The molecule has 1 N–H and O–H groups in total. The number of aromatic nitrogens is 2. The van der Waals surface area contributed by atoms with Crippen LogP contribution >= 0.6 is 0 Å². The monoisotopic (exact) mass is 273 g/mol. The first kappa shape index (κ1) is 12.3. The van der Waals surface area contributed by atoms with Gasteiger partial charge in [0.1, 0.15) is 23.0 Å². The second-order valence-electron chi connectivity index (χ2n) is 4.20. The number of carbonyl (C=O) groups excluding carboxylic acids is 1. The summed E-state index contributed by atoms with van der Waals surface area (Å²) in [6.07, 6.45) is 2.63. The number of hydrogen-bond donors (Lipinski definition) is 1. The molecule has 1 amide bonds. The van der Waals surface area contributed by atoms with Crippen LogP contribution < -0.4 is 5.32 Å². The summed E-state index contributed by atoms with van der Waals surface area (Å²) >= 11 is 0. The van der Waals surface area contributed by atoms with Gasteiger partial charge < -0.3 is 9.72 Å². The number of imidazole rings is 1. The van der Waals surface area contributed by atoms with Gasteiger partial charge in [0.05, 0.1) is 0 Å². The summed E-state index contributed by atoms with van der Waals surface area (Å²) in [5.74, 6) is -1.36. The van der Waals surface area contributed by atoms with E-state index in [2.05, 4.69) is 10.3 Å². The maximum Gasteiger partial charge on any atom is 0.275 e. The molecule has 0 radical (unpaired) electrons. The van der Waals surface area contributed by atoms with Crippen LogP contribution in [0.3, 0.4) is 0 Å². The van der Waals surface area contributed by atoms with Crippen molar-refractivity contribution in [2.75, 3.05) is 5.32 Å². The number of pyridine rings is 1. The SMILES string of the molecule is O=C(Nc1cccc(F)c1)c1cn2cc(F)ccc2n1. The highest BCUT2D eigenvalue weighted by Crippen LogP contribution is 2.12. The van der Waals surface area contributed by atoms with Crippen molar-refractivity contribution in [2.24, 2.45) is 0 Å². The van der Waals surface area contributed by atoms with Crippen molar-refractivity contribution in [1.82, 2.24) is 9.38 Å². The summed E-state index contributed by atoms with van der Waals surface area (Å²) in [4.78, 5) is 16.0. The fourth-order valence-corrected chi connectivity index (χ4v) is 1.84. The number of carbonyl (C=O) groups is 1. The molecule has 20 heavy (non-hydrogen) atoms. The van der Waals surface area contributed by atoms with Crippen molar-refractivity contribution in [3.63, 3.8) is 0 Å². The van der Waals surface area contributed by atoms with Crippen LogP contribution in [0, 0.1) is 11.6 Å². The van der Waals surface area contributed by atoms with Crippen LogP contribution in [0.2, 0.25) is 0 Å². The average Bonchev–Trinajstić information content (AvgIpc) is 2.81. The predicted molar refractivity (Wildman–Crippen MR) is 69.5 cm³/mol. The molecule has 0 atom stereocenters. The van der Waals surface area contributed by atoms with E-state index in [0.717, 1.165) is 0 Å². The molecule has 6 heteroatoms. The van der Waals surface area contributed by atoms with E-state index in [9.17, 15) is 13.6 Å². The standard InChI is InChI=1S/C14H9F2N3O/c15-9-2-1-3-11(6-9)17-14(20)12-8-19-7-10(16)4-5-13(19)18-12/h1-8H,(H,17,20). The third kappa shape index (κ3) is 2.35. The van der Waals surface area contributed by atoms with E-state index in [-0.39, 0.29) is 5.69 Å². The van der Waals surface area contributed by atoms with E-state index in [4.69, 9.17) is 0 Å². The van der Waals surface area contributed by atoms with Crippen molar-refractivity contribution >= 4 is 17.2 Å². The molecule has 2 aromatic heterocycles. The van der Waals surface area contributed by atoms with Gasteiger partial charge in [0.15, 0.2) is 0 Å². The molecule has 3 rings (SSSR count). The molecular formula is C14H9F2N3O. The summed E-state index contributed by atoms with van der Waals surface area (Å²) in [7, 11) is 0. The van der Waals surface area contributed by atoms with Crippen LogP contribution in [0.25, 0.3) is 5.65 Å². The van der Waals surface area contributed by atoms with E-state index >= 15 is 0 Å². The van der Waals surface area contributed by atoms with Gasteiger partial charge in [0.25, 0.3) is 5.91 Å². The number of anilines is 1. The van der Waals surface area contributed by atoms with Crippen LogP contribution in [0.5, 0.6) is 0 Å². The Kier molecular flexibility index (Phi) is 2.90. The molecule has 0 aliphatic heterocycles. The Bertz CT molecular complexity index is 798. The largest absolute Gasteiger partial charge is 0.321 e. The van der Waals surface area contributed by atoms with Crippen LogP contribution in [0.4, 0.5) is 14.5 Å². The number of nitrogens with one attached hydrogen (secondary N) is 1. The van der Waals surface area contributed by atoms with Gasteiger partial charge in [-0.25, -0.2) is 13.8 Å². The third-order valence-electron chi connectivity index (χ3n) is 2.73. The zero-order chi connectivity index (χ0) is 14.1. The molecule has 0 aliphatic carbocycles. The molecule has 100 valence electrons. The van der Waals surface area contributed by atoms with Gasteiger partial charge >= 0.3 is 0 Å². The fraction of sp³-hybridized carbons (Fsp3) is 0. The summed E-state index contributed by atoms with van der Waals surface area (Å²) in [5.41, 5.74) is 0.911. The molecular weight excluding hydrogens is 264 g/mol. The summed E-state index contributed by atoms with van der Waals surface area (Å²) in [6.45, 7) is 0. The topological polar surface area (TPSA) is 46.4 Å². The van der Waals surface area contributed by atoms with Crippen LogP contribution in [-0.2, 0) is 0 Å². The summed E-state index contributed by atoms with van der Waals surface area (Å²) in [5, 5.41) is 2.53. The minimum absolute atomic E-state index is 0.125. The van der Waals surface area contributed by atoms with E-state index in [0.29, 0.717) is 11.3 Å². The first-order chi connectivity index (χ1) is 9.61. The molecule has 0 saturated heterocycles. The lowest BCUT2D eigenvalue weighted by molar-refractivity contribution is 0.102. The van der Waals surface area contributed by atoms with Gasteiger partial charge in [-0.15, -0.1) is 0 Å². The van der Waals surface area contributed by atoms with Crippen molar-refractivity contribution in [1.29, 1.82) is 0 Å². The first-order valence-corrected chi connectivity index (χ1v) is 5.83. The molecule has 0 fully saturated rings. The van der Waals surface area contributed by atoms with E-state index in [1.807, 2.05) is 0 Å². The minimum atomic E-state index is -0.486. The van der Waals surface area contributed by atoms with Crippen LogP contribution in [-0.4, -0.2) is 15.3 Å². The molecule has 0 saturated carbocycles. The van der Waals surface area contributed by atoms with Gasteiger partial charge in [-0.1, -0.05) is 6.07 Å². The number of fused-ring (bicyclic) bond motifs is 1. The zero-order valence-electron chi connectivity index (χ0n) is 10.2. The third-order valence-corrected chi connectivity index (χ3v) is 2.73. The number of rotatable bonds is 2. The van der Waals surface area contributed by atoms with Gasteiger partial charge in [0.2, 0.25) is 0 Å². The first-order valence-electron chi connectivity index (χ1n) is 5.83. The number of nitrogens with zero attached hydrogens (tertiary/aromatic N) is 2. The number of halogens is 2.